The Balaban J connectivity index is 3.17. The predicted octanol–water partition coefficient (Wildman–Crippen LogP) is 1.41. The van der Waals surface area contributed by atoms with Crippen LogP contribution in [0.1, 0.15) is 18.1 Å². The van der Waals surface area contributed by atoms with Crippen molar-refractivity contribution in [3.8, 4) is 0 Å². The van der Waals surface area contributed by atoms with Gasteiger partial charge in [0.15, 0.2) is 0 Å². The third-order valence-electron chi connectivity index (χ3n) is 2.36. The van der Waals surface area contributed by atoms with Crippen LogP contribution in [-0.2, 0) is 11.8 Å². The summed E-state index contributed by atoms with van der Waals surface area (Å²) in [7, 11) is 0. The van der Waals surface area contributed by atoms with Gasteiger partial charge in [0.2, 0.25) is 0 Å². The minimum atomic E-state index is -0.546. The molecule has 0 aliphatic heterocycles. The summed E-state index contributed by atoms with van der Waals surface area (Å²) < 4.78 is 0. The number of anilines is 1. The number of nitrogens with two attached hydrogens (primary N) is 2. The van der Waals surface area contributed by atoms with Gasteiger partial charge in [-0.05, 0) is 23.6 Å². The van der Waals surface area contributed by atoms with Crippen LogP contribution in [-0.4, -0.2) is 6.03 Å². The fourth-order valence-corrected chi connectivity index (χ4v) is 2.16. The molecule has 0 radical (unpaired) electrons. The van der Waals surface area contributed by atoms with E-state index in [9.17, 15) is 4.79 Å². The van der Waals surface area contributed by atoms with E-state index in [0.717, 1.165) is 22.6 Å². The molecule has 0 unspecified atom stereocenters. The first kappa shape index (κ1) is 13.0. The highest BCUT2D eigenvalue weighted by molar-refractivity contribution is 9.08. The summed E-state index contributed by atoms with van der Waals surface area (Å²) in [5.41, 5.74) is 4.79. The molecule has 88 valence electrons. The van der Waals surface area contributed by atoms with E-state index in [2.05, 4.69) is 22.9 Å². The second kappa shape index (κ2) is 5.83. The third kappa shape index (κ3) is 2.52. The summed E-state index contributed by atoms with van der Waals surface area (Å²) in [6, 6.07) is 5.11. The molecule has 6 heteroatoms. The zero-order valence-electron chi connectivity index (χ0n) is 9.03. The van der Waals surface area contributed by atoms with Gasteiger partial charge in [0.05, 0.1) is 5.69 Å². The molecule has 0 aromatic heterocycles. The molecule has 1 aromatic carbocycles. The van der Waals surface area contributed by atoms with Crippen molar-refractivity contribution in [2.75, 3.05) is 5.01 Å². The zero-order chi connectivity index (χ0) is 12.1. The van der Waals surface area contributed by atoms with Crippen molar-refractivity contribution in [1.29, 1.82) is 0 Å². The first-order valence-electron chi connectivity index (χ1n) is 4.87. The van der Waals surface area contributed by atoms with Crippen molar-refractivity contribution in [3.63, 3.8) is 0 Å². The van der Waals surface area contributed by atoms with Crippen molar-refractivity contribution in [1.82, 2.24) is 5.43 Å². The monoisotopic (exact) mass is 286 g/mol. The smallest absolute Gasteiger partial charge is 0.274 e. The summed E-state index contributed by atoms with van der Waals surface area (Å²) >= 11 is 3.39. The Kier molecular flexibility index (Phi) is 4.72. The van der Waals surface area contributed by atoms with Crippen molar-refractivity contribution >= 4 is 27.6 Å². The number of nitrogens with one attached hydrogen (secondary N) is 1. The van der Waals surface area contributed by atoms with E-state index in [1.165, 1.54) is 0 Å². The van der Waals surface area contributed by atoms with Gasteiger partial charge in [-0.1, -0.05) is 35.0 Å². The minimum absolute atomic E-state index is 0.546. The number of hydrogen-bond donors (Lipinski definition) is 3. The van der Waals surface area contributed by atoms with Crippen molar-refractivity contribution in [2.45, 2.75) is 18.7 Å². The van der Waals surface area contributed by atoms with Crippen LogP contribution in [0, 0.1) is 0 Å². The summed E-state index contributed by atoms with van der Waals surface area (Å²) in [5.74, 6) is 10.7. The molecule has 2 amide bonds. The van der Waals surface area contributed by atoms with Crippen LogP contribution in [0.4, 0.5) is 10.5 Å². The lowest BCUT2D eigenvalue weighted by atomic mass is 10.0. The molecule has 5 nitrogen and oxygen atoms in total. The first-order valence-corrected chi connectivity index (χ1v) is 6.00. The topological polar surface area (TPSA) is 84.4 Å². The molecule has 16 heavy (non-hydrogen) atoms. The van der Waals surface area contributed by atoms with Gasteiger partial charge in [-0.2, -0.15) is 0 Å². The zero-order valence-corrected chi connectivity index (χ0v) is 10.6. The SMILES string of the molecule is CCc1cccc(N(N)C(=O)NN)c1CBr. The molecule has 0 bridgehead atoms. The van der Waals surface area contributed by atoms with Crippen molar-refractivity contribution < 1.29 is 4.79 Å². The van der Waals surface area contributed by atoms with Gasteiger partial charge in [0.1, 0.15) is 0 Å². The number of alkyl halides is 1. The van der Waals surface area contributed by atoms with E-state index in [-0.39, 0.29) is 0 Å². The van der Waals surface area contributed by atoms with Crippen LogP contribution in [0.2, 0.25) is 0 Å². The maximum absolute atomic E-state index is 11.3. The Hall–Kier alpha value is -1.11. The lowest BCUT2D eigenvalue weighted by molar-refractivity contribution is 0.246. The molecular weight excluding hydrogens is 272 g/mol. The Labute approximate surface area is 103 Å². The fourth-order valence-electron chi connectivity index (χ4n) is 1.51. The molecule has 1 aromatic rings. The largest absolute Gasteiger partial charge is 0.350 e. The number of nitrogens with zero attached hydrogens (tertiary/aromatic N) is 1. The van der Waals surface area contributed by atoms with E-state index < -0.39 is 6.03 Å². The summed E-state index contributed by atoms with van der Waals surface area (Å²) in [6.45, 7) is 2.05. The molecule has 5 N–H and O–H groups in total. The minimum Gasteiger partial charge on any atom is -0.274 e. The fraction of sp³-hybridized carbons (Fsp3) is 0.300. The summed E-state index contributed by atoms with van der Waals surface area (Å²) in [4.78, 5) is 11.3. The number of carbonyl (C=O) groups is 1. The third-order valence-corrected chi connectivity index (χ3v) is 2.93. The molecule has 0 atom stereocenters. The van der Waals surface area contributed by atoms with E-state index in [4.69, 9.17) is 11.7 Å². The summed E-state index contributed by atoms with van der Waals surface area (Å²) in [5, 5.41) is 1.65. The molecule has 0 saturated carbocycles. The van der Waals surface area contributed by atoms with Crippen LogP contribution in [0.15, 0.2) is 18.2 Å². The van der Waals surface area contributed by atoms with E-state index >= 15 is 0 Å². The molecule has 0 saturated heterocycles. The second-order valence-electron chi connectivity index (χ2n) is 3.22. The van der Waals surface area contributed by atoms with E-state index in [1.807, 2.05) is 17.6 Å². The highest BCUT2D eigenvalue weighted by Crippen LogP contribution is 2.25. The Bertz CT molecular complexity index is 383. The Morgan fingerprint density at radius 3 is 2.75 bits per heavy atom. The van der Waals surface area contributed by atoms with Crippen LogP contribution < -0.4 is 22.1 Å². The molecular formula is C10H15BrN4O. The van der Waals surface area contributed by atoms with Crippen LogP contribution in [0.25, 0.3) is 0 Å². The average molecular weight is 287 g/mol. The number of hydrogen-bond acceptors (Lipinski definition) is 3. The Morgan fingerprint density at radius 1 is 1.56 bits per heavy atom. The van der Waals surface area contributed by atoms with E-state index in [1.54, 1.807) is 6.07 Å². The van der Waals surface area contributed by atoms with Crippen LogP contribution >= 0.6 is 15.9 Å². The van der Waals surface area contributed by atoms with Crippen LogP contribution in [0.3, 0.4) is 0 Å². The maximum atomic E-state index is 11.3. The highest BCUT2D eigenvalue weighted by Gasteiger charge is 2.15. The quantitative estimate of drug-likeness (QED) is 0.340. The summed E-state index contributed by atoms with van der Waals surface area (Å²) in [6.07, 6.45) is 0.882. The number of amides is 2. The van der Waals surface area contributed by atoms with Crippen molar-refractivity contribution in [2.24, 2.45) is 11.7 Å². The lowest BCUT2D eigenvalue weighted by Gasteiger charge is -2.20. The average Bonchev–Trinajstić information content (AvgIpc) is 2.35. The molecule has 0 heterocycles. The number of rotatable bonds is 3. The predicted molar refractivity (Wildman–Crippen MR) is 67.8 cm³/mol. The van der Waals surface area contributed by atoms with Gasteiger partial charge < -0.3 is 0 Å². The van der Waals surface area contributed by atoms with Gasteiger partial charge >= 0.3 is 6.03 Å². The molecule has 0 aliphatic carbocycles. The van der Waals surface area contributed by atoms with Gasteiger partial charge in [0.25, 0.3) is 0 Å². The van der Waals surface area contributed by atoms with Gasteiger partial charge in [-0.25, -0.2) is 21.5 Å². The number of aryl methyl sites for hydroxylation is 1. The number of benzene rings is 1. The van der Waals surface area contributed by atoms with E-state index in [0.29, 0.717) is 11.0 Å². The first-order chi connectivity index (χ1) is 7.65. The maximum Gasteiger partial charge on any atom is 0.350 e. The highest BCUT2D eigenvalue weighted by atomic mass is 79.9. The molecule has 0 aliphatic rings. The molecule has 1 rings (SSSR count). The Morgan fingerprint density at radius 2 is 2.25 bits per heavy atom. The van der Waals surface area contributed by atoms with Crippen LogP contribution in [0.5, 0.6) is 0 Å². The lowest BCUT2D eigenvalue weighted by Crippen LogP contribution is -2.48. The second-order valence-corrected chi connectivity index (χ2v) is 3.78. The van der Waals surface area contributed by atoms with Gasteiger partial charge in [0, 0.05) is 5.33 Å². The molecule has 0 spiro atoms. The van der Waals surface area contributed by atoms with Crippen molar-refractivity contribution in [3.05, 3.63) is 29.3 Å². The van der Waals surface area contributed by atoms with Gasteiger partial charge in [-0.15, -0.1) is 0 Å². The normalized spacial score (nSPS) is 10.0. The standard InChI is InChI=1S/C10H15BrN4O/c1-2-7-4-3-5-9(8(7)6-11)15(13)10(16)14-12/h3-5H,2,6,12-13H2,1H3,(H,14,16). The number of halogens is 1. The molecule has 0 fully saturated rings. The number of carbonyl (C=O) groups excluding carboxylic acids is 1. The van der Waals surface area contributed by atoms with Gasteiger partial charge in [-0.3, -0.25) is 5.43 Å². The number of urea groups is 1. The number of hydrazine groups is 2.